The molecule has 0 aromatic carbocycles. The molecule has 2 aliphatic heterocycles. The molecule has 2 heterocycles. The molecule has 2 aliphatic rings. The molecule has 2 rings (SSSR count). The van der Waals surface area contributed by atoms with Gasteiger partial charge in [0.15, 0.2) is 0 Å². The third kappa shape index (κ3) is 2.12. The van der Waals surface area contributed by atoms with Crippen molar-refractivity contribution in [3.05, 3.63) is 0 Å². The van der Waals surface area contributed by atoms with E-state index in [2.05, 4.69) is 23.8 Å². The third-order valence-electron chi connectivity index (χ3n) is 4.13. The molecule has 0 aromatic rings. The molecular weight excluding hydrogens is 172 g/mol. The van der Waals surface area contributed by atoms with Gasteiger partial charge in [-0.25, -0.2) is 0 Å². The Morgan fingerprint density at radius 1 is 1.07 bits per heavy atom. The summed E-state index contributed by atoms with van der Waals surface area (Å²) in [5.41, 5.74) is 0. The summed E-state index contributed by atoms with van der Waals surface area (Å²) in [4.78, 5) is 5.18. The average molecular weight is 196 g/mol. The van der Waals surface area contributed by atoms with E-state index in [4.69, 9.17) is 0 Å². The Morgan fingerprint density at radius 3 is 2.43 bits per heavy atom. The molecule has 0 N–H and O–H groups in total. The molecule has 2 fully saturated rings. The minimum absolute atomic E-state index is 0.925. The van der Waals surface area contributed by atoms with E-state index in [-0.39, 0.29) is 0 Å². The molecular formula is C12H24N2. The maximum absolute atomic E-state index is 2.70. The van der Waals surface area contributed by atoms with Crippen LogP contribution in [0.5, 0.6) is 0 Å². The van der Waals surface area contributed by atoms with Crippen molar-refractivity contribution in [2.45, 2.75) is 38.6 Å². The summed E-state index contributed by atoms with van der Waals surface area (Å²) in [7, 11) is 2.25. The number of likely N-dealkylation sites (tertiary alicyclic amines) is 2. The first-order chi connectivity index (χ1) is 6.81. The SMILES string of the molecule is CCN1CCC[C@H]1C1CCN(C)CC1. The molecule has 0 saturated carbocycles. The standard InChI is InChI=1S/C12H24N2/c1-3-14-8-4-5-12(14)11-6-9-13(2)10-7-11/h11-12H,3-10H2,1-2H3/t12-/m0/s1. The van der Waals surface area contributed by atoms with Gasteiger partial charge >= 0.3 is 0 Å². The van der Waals surface area contributed by atoms with Crippen molar-refractivity contribution in [3.8, 4) is 0 Å². The van der Waals surface area contributed by atoms with Gasteiger partial charge in [0.1, 0.15) is 0 Å². The lowest BCUT2D eigenvalue weighted by Crippen LogP contribution is -2.41. The van der Waals surface area contributed by atoms with Crippen molar-refractivity contribution in [2.24, 2.45) is 5.92 Å². The Bertz CT molecular complexity index is 173. The highest BCUT2D eigenvalue weighted by atomic mass is 15.2. The van der Waals surface area contributed by atoms with Gasteiger partial charge in [-0.3, -0.25) is 0 Å². The first kappa shape index (κ1) is 10.4. The fourth-order valence-corrected chi connectivity index (χ4v) is 3.19. The van der Waals surface area contributed by atoms with E-state index in [0.29, 0.717) is 0 Å². The molecule has 2 nitrogen and oxygen atoms in total. The second-order valence-corrected chi connectivity index (χ2v) is 4.98. The van der Waals surface area contributed by atoms with Crippen molar-refractivity contribution < 1.29 is 0 Å². The van der Waals surface area contributed by atoms with E-state index in [0.717, 1.165) is 12.0 Å². The number of hydrogen-bond donors (Lipinski definition) is 0. The Kier molecular flexibility index (Phi) is 3.45. The van der Waals surface area contributed by atoms with Crippen LogP contribution in [0.3, 0.4) is 0 Å². The highest BCUT2D eigenvalue weighted by Gasteiger charge is 2.31. The van der Waals surface area contributed by atoms with Crippen LogP contribution in [0, 0.1) is 5.92 Å². The highest BCUT2D eigenvalue weighted by Crippen LogP contribution is 2.30. The molecule has 2 saturated heterocycles. The average Bonchev–Trinajstić information content (AvgIpc) is 2.67. The van der Waals surface area contributed by atoms with Crippen LogP contribution in [0.15, 0.2) is 0 Å². The van der Waals surface area contributed by atoms with Gasteiger partial charge in [0, 0.05) is 6.04 Å². The topological polar surface area (TPSA) is 6.48 Å². The van der Waals surface area contributed by atoms with Crippen LogP contribution in [0.1, 0.15) is 32.6 Å². The zero-order valence-electron chi connectivity index (χ0n) is 9.71. The normalized spacial score (nSPS) is 32.6. The molecule has 1 atom stereocenters. The monoisotopic (exact) mass is 196 g/mol. The van der Waals surface area contributed by atoms with E-state index < -0.39 is 0 Å². The molecule has 14 heavy (non-hydrogen) atoms. The van der Waals surface area contributed by atoms with Gasteiger partial charge < -0.3 is 9.80 Å². The van der Waals surface area contributed by atoms with Crippen LogP contribution in [-0.2, 0) is 0 Å². The minimum atomic E-state index is 0.925. The first-order valence-corrected chi connectivity index (χ1v) is 6.24. The molecule has 0 unspecified atom stereocenters. The second kappa shape index (κ2) is 4.63. The Hall–Kier alpha value is -0.0800. The van der Waals surface area contributed by atoms with Crippen molar-refractivity contribution >= 4 is 0 Å². The summed E-state index contributed by atoms with van der Waals surface area (Å²) in [5.74, 6) is 0.994. The summed E-state index contributed by atoms with van der Waals surface area (Å²) in [6, 6.07) is 0.925. The number of nitrogens with zero attached hydrogens (tertiary/aromatic N) is 2. The zero-order chi connectivity index (χ0) is 9.97. The van der Waals surface area contributed by atoms with Crippen LogP contribution < -0.4 is 0 Å². The molecule has 0 aliphatic carbocycles. The summed E-state index contributed by atoms with van der Waals surface area (Å²) in [6.07, 6.45) is 5.75. The fourth-order valence-electron chi connectivity index (χ4n) is 3.19. The van der Waals surface area contributed by atoms with Gasteiger partial charge in [0.2, 0.25) is 0 Å². The predicted octanol–water partition coefficient (Wildman–Crippen LogP) is 1.81. The van der Waals surface area contributed by atoms with E-state index >= 15 is 0 Å². The quantitative estimate of drug-likeness (QED) is 0.664. The summed E-state index contributed by atoms with van der Waals surface area (Å²) < 4.78 is 0. The zero-order valence-corrected chi connectivity index (χ0v) is 9.71. The summed E-state index contributed by atoms with van der Waals surface area (Å²) >= 11 is 0. The van der Waals surface area contributed by atoms with Crippen LogP contribution in [0.4, 0.5) is 0 Å². The lowest BCUT2D eigenvalue weighted by molar-refractivity contribution is 0.129. The third-order valence-corrected chi connectivity index (χ3v) is 4.13. The van der Waals surface area contributed by atoms with Gasteiger partial charge in [-0.15, -0.1) is 0 Å². The molecule has 0 bridgehead atoms. The smallest absolute Gasteiger partial charge is 0.0125 e. The van der Waals surface area contributed by atoms with E-state index in [9.17, 15) is 0 Å². The second-order valence-electron chi connectivity index (χ2n) is 4.98. The van der Waals surface area contributed by atoms with Crippen molar-refractivity contribution in [1.82, 2.24) is 9.80 Å². The Labute approximate surface area is 88.3 Å². The van der Waals surface area contributed by atoms with Gasteiger partial charge in [0.05, 0.1) is 0 Å². The molecule has 82 valence electrons. The summed E-state index contributed by atoms with van der Waals surface area (Å²) in [5, 5.41) is 0. The van der Waals surface area contributed by atoms with Crippen LogP contribution >= 0.6 is 0 Å². The van der Waals surface area contributed by atoms with Gasteiger partial charge in [-0.2, -0.15) is 0 Å². The van der Waals surface area contributed by atoms with E-state index in [1.807, 2.05) is 0 Å². The first-order valence-electron chi connectivity index (χ1n) is 6.24. The molecule has 0 spiro atoms. The lowest BCUT2D eigenvalue weighted by Gasteiger charge is -2.36. The van der Waals surface area contributed by atoms with Crippen molar-refractivity contribution in [3.63, 3.8) is 0 Å². The highest BCUT2D eigenvalue weighted by molar-refractivity contribution is 4.87. The van der Waals surface area contributed by atoms with Crippen molar-refractivity contribution in [1.29, 1.82) is 0 Å². The molecule has 0 aromatic heterocycles. The Balaban J connectivity index is 1.88. The van der Waals surface area contributed by atoms with Crippen LogP contribution in [0.2, 0.25) is 0 Å². The maximum atomic E-state index is 2.70. The van der Waals surface area contributed by atoms with Crippen LogP contribution in [-0.4, -0.2) is 49.1 Å². The van der Waals surface area contributed by atoms with Crippen molar-refractivity contribution in [2.75, 3.05) is 33.2 Å². The maximum Gasteiger partial charge on any atom is 0.0125 e. The molecule has 2 heteroatoms. The summed E-state index contributed by atoms with van der Waals surface area (Å²) in [6.45, 7) is 7.56. The van der Waals surface area contributed by atoms with Gasteiger partial charge in [-0.1, -0.05) is 6.92 Å². The molecule has 0 amide bonds. The van der Waals surface area contributed by atoms with Gasteiger partial charge in [-0.05, 0) is 64.8 Å². The van der Waals surface area contributed by atoms with E-state index in [1.54, 1.807) is 0 Å². The predicted molar refractivity (Wildman–Crippen MR) is 60.5 cm³/mol. The lowest BCUT2D eigenvalue weighted by atomic mass is 9.88. The van der Waals surface area contributed by atoms with Crippen LogP contribution in [0.25, 0.3) is 0 Å². The van der Waals surface area contributed by atoms with Gasteiger partial charge in [0.25, 0.3) is 0 Å². The Morgan fingerprint density at radius 2 is 1.79 bits per heavy atom. The largest absolute Gasteiger partial charge is 0.306 e. The minimum Gasteiger partial charge on any atom is -0.306 e. The number of rotatable bonds is 2. The molecule has 0 radical (unpaired) electrons. The number of piperidine rings is 1. The fraction of sp³-hybridized carbons (Fsp3) is 1.00. The number of hydrogen-bond acceptors (Lipinski definition) is 2. The van der Waals surface area contributed by atoms with E-state index in [1.165, 1.54) is 51.9 Å².